The predicted molar refractivity (Wildman–Crippen MR) is 67.9 cm³/mol. The van der Waals surface area contributed by atoms with Gasteiger partial charge >= 0.3 is 0 Å². The van der Waals surface area contributed by atoms with Gasteiger partial charge in [0.25, 0.3) is 0 Å². The fraction of sp³-hybridized carbons (Fsp3) is 0.571. The molecule has 1 aliphatic carbocycles. The van der Waals surface area contributed by atoms with E-state index in [4.69, 9.17) is 4.42 Å². The van der Waals surface area contributed by atoms with Crippen molar-refractivity contribution in [1.29, 1.82) is 0 Å². The number of terminal acetylenes is 1. The molecular weight excluding hydrogens is 184 g/mol. The first-order valence-electron chi connectivity index (χ1n) is 5.71. The summed E-state index contributed by atoms with van der Waals surface area (Å²) in [5, 5.41) is 0. The molecule has 1 saturated carbocycles. The van der Waals surface area contributed by atoms with Crippen LogP contribution in [0.3, 0.4) is 0 Å². The molecule has 0 N–H and O–H groups in total. The van der Waals surface area contributed by atoms with Crippen LogP contribution < -0.4 is 0 Å². The third-order valence-corrected chi connectivity index (χ3v) is 1.50. The first kappa shape index (κ1) is 16.3. The van der Waals surface area contributed by atoms with Crippen molar-refractivity contribution in [2.24, 2.45) is 0 Å². The van der Waals surface area contributed by atoms with Crippen molar-refractivity contribution >= 4 is 0 Å². The molecule has 1 aliphatic rings. The van der Waals surface area contributed by atoms with Crippen LogP contribution in [0.4, 0.5) is 0 Å². The van der Waals surface area contributed by atoms with Crippen molar-refractivity contribution in [3.05, 3.63) is 23.7 Å². The SMILES string of the molecule is C#C.C1CC1.CC.CCc1ccc(C)o1. The Kier molecular flexibility index (Phi) is 13.9. The minimum atomic E-state index is 0.994. The minimum absolute atomic E-state index is 0.994. The lowest BCUT2D eigenvalue weighted by Gasteiger charge is -1.83. The molecule has 1 aromatic heterocycles. The third-order valence-electron chi connectivity index (χ3n) is 1.50. The van der Waals surface area contributed by atoms with E-state index < -0.39 is 0 Å². The Labute approximate surface area is 94.9 Å². The largest absolute Gasteiger partial charge is 0.466 e. The van der Waals surface area contributed by atoms with E-state index in [0.29, 0.717) is 0 Å². The molecule has 86 valence electrons. The van der Waals surface area contributed by atoms with Gasteiger partial charge in [-0.15, -0.1) is 12.8 Å². The van der Waals surface area contributed by atoms with Gasteiger partial charge in [-0.3, -0.25) is 0 Å². The summed E-state index contributed by atoms with van der Waals surface area (Å²) in [6, 6.07) is 3.99. The van der Waals surface area contributed by atoms with Crippen molar-refractivity contribution in [2.75, 3.05) is 0 Å². The van der Waals surface area contributed by atoms with Crippen LogP contribution in [0.25, 0.3) is 0 Å². The third kappa shape index (κ3) is 12.8. The van der Waals surface area contributed by atoms with Gasteiger partial charge in [0.2, 0.25) is 0 Å². The molecule has 0 aromatic carbocycles. The molecule has 0 atom stereocenters. The fourth-order valence-corrected chi connectivity index (χ4v) is 0.675. The zero-order valence-electron chi connectivity index (χ0n) is 10.5. The first-order valence-corrected chi connectivity index (χ1v) is 5.71. The Hall–Kier alpha value is -1.16. The second-order valence-corrected chi connectivity index (χ2v) is 2.93. The highest BCUT2D eigenvalue weighted by atomic mass is 16.3. The monoisotopic (exact) mass is 208 g/mol. The molecule has 0 bridgehead atoms. The van der Waals surface area contributed by atoms with E-state index in [1.807, 2.05) is 32.9 Å². The average molecular weight is 208 g/mol. The summed E-state index contributed by atoms with van der Waals surface area (Å²) in [6.07, 6.45) is 13.5. The molecule has 15 heavy (non-hydrogen) atoms. The minimum Gasteiger partial charge on any atom is -0.466 e. The maximum absolute atomic E-state index is 5.23. The van der Waals surface area contributed by atoms with Crippen molar-refractivity contribution in [3.63, 3.8) is 0 Å². The topological polar surface area (TPSA) is 13.1 Å². The van der Waals surface area contributed by atoms with E-state index in [-0.39, 0.29) is 0 Å². The second kappa shape index (κ2) is 12.8. The van der Waals surface area contributed by atoms with Gasteiger partial charge in [-0.2, -0.15) is 0 Å². The summed E-state index contributed by atoms with van der Waals surface area (Å²) in [5.41, 5.74) is 0. The maximum atomic E-state index is 5.23. The molecule has 0 radical (unpaired) electrons. The number of aryl methyl sites for hydroxylation is 2. The molecule has 1 nitrogen and oxygen atoms in total. The summed E-state index contributed by atoms with van der Waals surface area (Å²) in [6.45, 7) is 8.04. The molecule has 0 aliphatic heterocycles. The van der Waals surface area contributed by atoms with Crippen LogP contribution >= 0.6 is 0 Å². The van der Waals surface area contributed by atoms with Crippen molar-refractivity contribution in [3.8, 4) is 12.8 Å². The van der Waals surface area contributed by atoms with E-state index in [2.05, 4.69) is 19.8 Å². The van der Waals surface area contributed by atoms with Crippen LogP contribution in [-0.4, -0.2) is 0 Å². The lowest BCUT2D eigenvalue weighted by Crippen LogP contribution is -1.67. The zero-order chi connectivity index (χ0) is 12.1. The van der Waals surface area contributed by atoms with E-state index in [1.165, 1.54) is 19.3 Å². The quantitative estimate of drug-likeness (QED) is 0.615. The van der Waals surface area contributed by atoms with Gasteiger partial charge in [0, 0.05) is 6.42 Å². The maximum Gasteiger partial charge on any atom is 0.103 e. The van der Waals surface area contributed by atoms with Crippen LogP contribution in [0, 0.1) is 19.8 Å². The standard InChI is InChI=1S/C7H10O.C3H6.C2H6.C2H2/c1-3-7-5-4-6(2)8-7;1-2-3-1;2*1-2/h4-5H,3H2,1-2H3;1-3H2;1-2H3;1-2H. The molecule has 1 fully saturated rings. The average Bonchev–Trinajstić information content (AvgIpc) is 3.14. The molecular formula is C14H24O. The molecule has 0 amide bonds. The highest BCUT2D eigenvalue weighted by Gasteiger charge is 1.95. The highest BCUT2D eigenvalue weighted by molar-refractivity contribution is 5.04. The molecule has 1 aromatic rings. The number of rotatable bonds is 1. The van der Waals surface area contributed by atoms with Gasteiger partial charge in [0.1, 0.15) is 11.5 Å². The zero-order valence-corrected chi connectivity index (χ0v) is 10.5. The lowest BCUT2D eigenvalue weighted by molar-refractivity contribution is 0.489. The predicted octanol–water partition coefficient (Wildman–Crippen LogP) is 4.60. The van der Waals surface area contributed by atoms with E-state index in [0.717, 1.165) is 17.9 Å². The van der Waals surface area contributed by atoms with Gasteiger partial charge in [-0.05, 0) is 19.1 Å². The molecule has 0 spiro atoms. The van der Waals surface area contributed by atoms with E-state index in [1.54, 1.807) is 0 Å². The Balaban J connectivity index is 0. The van der Waals surface area contributed by atoms with Crippen LogP contribution in [0.1, 0.15) is 51.6 Å². The molecule has 0 saturated heterocycles. The summed E-state index contributed by atoms with van der Waals surface area (Å²) in [4.78, 5) is 0. The summed E-state index contributed by atoms with van der Waals surface area (Å²) in [5.74, 6) is 2.07. The Morgan fingerprint density at radius 3 is 1.73 bits per heavy atom. The van der Waals surface area contributed by atoms with Crippen LogP contribution in [0.5, 0.6) is 0 Å². The molecule has 0 unspecified atom stereocenters. The van der Waals surface area contributed by atoms with Crippen molar-refractivity contribution in [2.45, 2.75) is 53.4 Å². The smallest absolute Gasteiger partial charge is 0.103 e. The van der Waals surface area contributed by atoms with Crippen molar-refractivity contribution in [1.82, 2.24) is 0 Å². The van der Waals surface area contributed by atoms with E-state index in [9.17, 15) is 0 Å². The lowest BCUT2D eigenvalue weighted by atomic mass is 10.4. The Morgan fingerprint density at radius 2 is 1.60 bits per heavy atom. The normalized spacial score (nSPS) is 10.5. The van der Waals surface area contributed by atoms with E-state index >= 15 is 0 Å². The number of hydrogen-bond donors (Lipinski definition) is 0. The Bertz CT molecular complexity index is 228. The van der Waals surface area contributed by atoms with Crippen LogP contribution in [0.15, 0.2) is 16.5 Å². The van der Waals surface area contributed by atoms with Gasteiger partial charge in [-0.25, -0.2) is 0 Å². The Morgan fingerprint density at radius 1 is 1.13 bits per heavy atom. The highest BCUT2D eigenvalue weighted by Crippen LogP contribution is 2.14. The summed E-state index contributed by atoms with van der Waals surface area (Å²) in [7, 11) is 0. The molecule has 2 rings (SSSR count). The summed E-state index contributed by atoms with van der Waals surface area (Å²) >= 11 is 0. The van der Waals surface area contributed by atoms with Gasteiger partial charge < -0.3 is 4.42 Å². The van der Waals surface area contributed by atoms with Crippen molar-refractivity contribution < 1.29 is 4.42 Å². The van der Waals surface area contributed by atoms with Crippen LogP contribution in [-0.2, 0) is 6.42 Å². The molecule has 1 heterocycles. The summed E-state index contributed by atoms with van der Waals surface area (Å²) < 4.78 is 5.23. The first-order chi connectivity index (χ1) is 7.33. The fourth-order valence-electron chi connectivity index (χ4n) is 0.675. The van der Waals surface area contributed by atoms with Gasteiger partial charge in [0.05, 0.1) is 0 Å². The molecule has 1 heteroatoms. The van der Waals surface area contributed by atoms with Gasteiger partial charge in [-0.1, -0.05) is 40.0 Å². The van der Waals surface area contributed by atoms with Gasteiger partial charge in [0.15, 0.2) is 0 Å². The number of hydrogen-bond acceptors (Lipinski definition) is 1. The van der Waals surface area contributed by atoms with Crippen LogP contribution in [0.2, 0.25) is 0 Å². The number of furan rings is 1. The second-order valence-electron chi connectivity index (χ2n) is 2.93.